The molecule has 0 atom stereocenters. The number of carbonyl (C=O) groups excluding carboxylic acids is 1. The Kier molecular flexibility index (Phi) is 6.68. The monoisotopic (exact) mass is 424 g/mol. The number of H-pyrrole nitrogens is 1. The molecule has 0 unspecified atom stereocenters. The third-order valence-corrected chi connectivity index (χ3v) is 6.62. The van der Waals surface area contributed by atoms with E-state index in [0.717, 1.165) is 17.0 Å². The minimum Gasteiger partial charge on any atom is -0.356 e. The molecule has 1 fully saturated rings. The molecule has 0 saturated carbocycles. The number of piperidine rings is 1. The molecule has 1 aliphatic rings. The predicted molar refractivity (Wildman–Crippen MR) is 106 cm³/mol. The molecule has 11 heteroatoms. The van der Waals surface area contributed by atoms with Crippen LogP contribution in [0.1, 0.15) is 53.8 Å². The van der Waals surface area contributed by atoms with Crippen LogP contribution in [0.15, 0.2) is 4.52 Å². The second-order valence-corrected chi connectivity index (χ2v) is 9.48. The van der Waals surface area contributed by atoms with Crippen LogP contribution in [0, 0.1) is 13.8 Å². The number of aromatic nitrogens is 4. The highest BCUT2D eigenvalue weighted by molar-refractivity contribution is 7.88. The summed E-state index contributed by atoms with van der Waals surface area (Å²) in [5.74, 6) is 1.16. The molecule has 0 aromatic carbocycles. The summed E-state index contributed by atoms with van der Waals surface area (Å²) in [7, 11) is -3.15. The van der Waals surface area contributed by atoms with E-state index in [0.29, 0.717) is 63.5 Å². The molecule has 0 spiro atoms. The molecule has 0 bridgehead atoms. The maximum atomic E-state index is 12.1. The van der Waals surface area contributed by atoms with E-state index in [4.69, 9.17) is 4.52 Å². The van der Waals surface area contributed by atoms with Crippen LogP contribution in [0.5, 0.6) is 0 Å². The third kappa shape index (κ3) is 5.63. The van der Waals surface area contributed by atoms with Crippen molar-refractivity contribution in [3.8, 4) is 0 Å². The SMILES string of the molecule is Cc1n[nH]c(C)c1CCC(=O)NCCc1nc(C2CCN(S(C)(=O)=O)CC2)no1. The summed E-state index contributed by atoms with van der Waals surface area (Å²) in [5, 5.41) is 14.0. The van der Waals surface area contributed by atoms with Gasteiger partial charge in [-0.2, -0.15) is 10.1 Å². The summed E-state index contributed by atoms with van der Waals surface area (Å²) in [4.78, 5) is 16.5. The minimum atomic E-state index is -3.15. The van der Waals surface area contributed by atoms with Gasteiger partial charge in [-0.25, -0.2) is 12.7 Å². The van der Waals surface area contributed by atoms with Crippen LogP contribution < -0.4 is 5.32 Å². The lowest BCUT2D eigenvalue weighted by Gasteiger charge is -2.28. The van der Waals surface area contributed by atoms with Gasteiger partial charge < -0.3 is 9.84 Å². The fourth-order valence-corrected chi connectivity index (χ4v) is 4.43. The number of hydrogen-bond donors (Lipinski definition) is 2. The largest absolute Gasteiger partial charge is 0.356 e. The molecule has 3 heterocycles. The molecular weight excluding hydrogens is 396 g/mol. The van der Waals surface area contributed by atoms with Crippen LogP contribution in [0.2, 0.25) is 0 Å². The van der Waals surface area contributed by atoms with Gasteiger partial charge in [0.1, 0.15) is 0 Å². The Morgan fingerprint density at radius 2 is 2.00 bits per heavy atom. The molecule has 160 valence electrons. The standard InChI is InChI=1S/C18H28N6O4S/c1-12-15(13(2)22-21-12)4-5-16(25)19-9-6-17-20-18(23-28-17)14-7-10-24(11-8-14)29(3,26)27/h14H,4-11H2,1-3H3,(H,19,25)(H,21,22). The zero-order chi connectivity index (χ0) is 21.0. The first-order valence-corrected chi connectivity index (χ1v) is 11.6. The van der Waals surface area contributed by atoms with E-state index >= 15 is 0 Å². The highest BCUT2D eigenvalue weighted by atomic mass is 32.2. The van der Waals surface area contributed by atoms with E-state index in [1.165, 1.54) is 10.6 Å². The molecule has 2 aromatic heterocycles. The van der Waals surface area contributed by atoms with Gasteiger partial charge in [0.05, 0.1) is 11.9 Å². The van der Waals surface area contributed by atoms with Crippen LogP contribution in [-0.2, 0) is 27.7 Å². The second kappa shape index (κ2) is 9.04. The number of hydrogen-bond acceptors (Lipinski definition) is 7. The lowest BCUT2D eigenvalue weighted by Crippen LogP contribution is -2.37. The molecular formula is C18H28N6O4S. The summed E-state index contributed by atoms with van der Waals surface area (Å²) < 4.78 is 29.9. The molecule has 2 N–H and O–H groups in total. The van der Waals surface area contributed by atoms with Gasteiger partial charge in [0, 0.05) is 44.1 Å². The number of rotatable bonds is 8. The first-order chi connectivity index (χ1) is 13.7. The van der Waals surface area contributed by atoms with Gasteiger partial charge in [-0.3, -0.25) is 9.89 Å². The number of amides is 1. The number of carbonyl (C=O) groups is 1. The maximum Gasteiger partial charge on any atom is 0.228 e. The topological polar surface area (TPSA) is 134 Å². The fourth-order valence-electron chi connectivity index (χ4n) is 3.56. The minimum absolute atomic E-state index is 0.0297. The van der Waals surface area contributed by atoms with Crippen molar-refractivity contribution in [3.05, 3.63) is 28.7 Å². The molecule has 1 saturated heterocycles. The van der Waals surface area contributed by atoms with Crippen LogP contribution >= 0.6 is 0 Å². The summed E-state index contributed by atoms with van der Waals surface area (Å²) in [6.45, 7) is 5.24. The van der Waals surface area contributed by atoms with E-state index in [1.54, 1.807) is 0 Å². The van der Waals surface area contributed by atoms with Crippen molar-refractivity contribution in [2.75, 3.05) is 25.9 Å². The Bertz CT molecular complexity index is 924. The summed E-state index contributed by atoms with van der Waals surface area (Å²) in [6.07, 6.45) is 4.09. The van der Waals surface area contributed by atoms with Gasteiger partial charge in [0.2, 0.25) is 21.8 Å². The number of aromatic amines is 1. The van der Waals surface area contributed by atoms with E-state index in [2.05, 4.69) is 25.7 Å². The van der Waals surface area contributed by atoms with Crippen molar-refractivity contribution in [2.45, 2.75) is 51.9 Å². The van der Waals surface area contributed by atoms with Crippen LogP contribution in [0.25, 0.3) is 0 Å². The lowest BCUT2D eigenvalue weighted by atomic mass is 9.97. The van der Waals surface area contributed by atoms with Gasteiger partial charge in [0.25, 0.3) is 0 Å². The average Bonchev–Trinajstić information content (AvgIpc) is 3.26. The third-order valence-electron chi connectivity index (χ3n) is 5.32. The Hall–Kier alpha value is -2.27. The van der Waals surface area contributed by atoms with Crippen molar-refractivity contribution in [1.29, 1.82) is 0 Å². The normalized spacial score (nSPS) is 16.2. The zero-order valence-electron chi connectivity index (χ0n) is 17.1. The maximum absolute atomic E-state index is 12.1. The number of nitrogens with one attached hydrogen (secondary N) is 2. The Balaban J connectivity index is 1.40. The number of nitrogens with zero attached hydrogens (tertiary/aromatic N) is 4. The van der Waals surface area contributed by atoms with Crippen LogP contribution in [-0.4, -0.2) is 64.9 Å². The van der Waals surface area contributed by atoms with E-state index in [1.807, 2.05) is 13.8 Å². The molecule has 10 nitrogen and oxygen atoms in total. The highest BCUT2D eigenvalue weighted by Crippen LogP contribution is 2.27. The first-order valence-electron chi connectivity index (χ1n) is 9.78. The first kappa shape index (κ1) is 21.4. The molecule has 0 aliphatic carbocycles. The zero-order valence-corrected chi connectivity index (χ0v) is 17.9. The van der Waals surface area contributed by atoms with Crippen molar-refractivity contribution in [2.24, 2.45) is 0 Å². The van der Waals surface area contributed by atoms with Gasteiger partial charge >= 0.3 is 0 Å². The highest BCUT2D eigenvalue weighted by Gasteiger charge is 2.28. The summed E-state index contributed by atoms with van der Waals surface area (Å²) >= 11 is 0. The molecule has 1 amide bonds. The van der Waals surface area contributed by atoms with Crippen molar-refractivity contribution >= 4 is 15.9 Å². The van der Waals surface area contributed by atoms with Crippen molar-refractivity contribution in [3.63, 3.8) is 0 Å². The predicted octanol–water partition coefficient (Wildman–Crippen LogP) is 0.840. The smallest absolute Gasteiger partial charge is 0.228 e. The van der Waals surface area contributed by atoms with Gasteiger partial charge in [0.15, 0.2) is 5.82 Å². The molecule has 0 radical (unpaired) electrons. The van der Waals surface area contributed by atoms with Crippen LogP contribution in [0.4, 0.5) is 0 Å². The van der Waals surface area contributed by atoms with Gasteiger partial charge in [-0.1, -0.05) is 5.16 Å². The Morgan fingerprint density at radius 3 is 2.62 bits per heavy atom. The molecule has 29 heavy (non-hydrogen) atoms. The van der Waals surface area contributed by atoms with E-state index in [9.17, 15) is 13.2 Å². The lowest BCUT2D eigenvalue weighted by molar-refractivity contribution is -0.121. The Morgan fingerprint density at radius 1 is 1.28 bits per heavy atom. The number of sulfonamides is 1. The van der Waals surface area contributed by atoms with Crippen molar-refractivity contribution in [1.82, 2.24) is 30.0 Å². The van der Waals surface area contributed by atoms with Gasteiger partial charge in [-0.15, -0.1) is 0 Å². The van der Waals surface area contributed by atoms with Gasteiger partial charge in [-0.05, 0) is 38.7 Å². The molecule has 3 rings (SSSR count). The quantitative estimate of drug-likeness (QED) is 0.641. The molecule has 2 aromatic rings. The second-order valence-electron chi connectivity index (χ2n) is 7.50. The van der Waals surface area contributed by atoms with Crippen molar-refractivity contribution < 1.29 is 17.7 Å². The van der Waals surface area contributed by atoms with Crippen LogP contribution in [0.3, 0.4) is 0 Å². The Labute approximate surface area is 170 Å². The van der Waals surface area contributed by atoms with E-state index in [-0.39, 0.29) is 11.8 Å². The number of aryl methyl sites for hydroxylation is 2. The average molecular weight is 425 g/mol. The molecule has 1 aliphatic heterocycles. The van der Waals surface area contributed by atoms with E-state index < -0.39 is 10.0 Å². The summed E-state index contributed by atoms with van der Waals surface area (Å²) in [6, 6.07) is 0. The summed E-state index contributed by atoms with van der Waals surface area (Å²) in [5.41, 5.74) is 3.01. The fraction of sp³-hybridized carbons (Fsp3) is 0.667.